The van der Waals surface area contributed by atoms with Crippen LogP contribution >= 0.6 is 11.6 Å². The molecule has 4 aromatic rings. The van der Waals surface area contributed by atoms with Crippen molar-refractivity contribution >= 4 is 63.1 Å². The maximum absolute atomic E-state index is 6.87. The molecule has 170 valence electrons. The minimum atomic E-state index is 0.133. The second-order valence-corrected chi connectivity index (χ2v) is 9.38. The summed E-state index contributed by atoms with van der Waals surface area (Å²) >= 11 is 6.87. The molecule has 4 aromatic carbocycles. The molecule has 0 fully saturated rings. The predicted molar refractivity (Wildman–Crippen MR) is 153 cm³/mol. The Bertz CT molecular complexity index is 1470. The third-order valence-electron chi connectivity index (χ3n) is 6.94. The molecule has 0 amide bonds. The van der Waals surface area contributed by atoms with Crippen LogP contribution in [0.3, 0.4) is 0 Å². The molecule has 0 radical (unpaired) electrons. The minimum absolute atomic E-state index is 0.133. The Labute approximate surface area is 212 Å². The molecule has 2 aliphatic rings. The molecule has 2 aliphatic heterocycles. The van der Waals surface area contributed by atoms with Crippen molar-refractivity contribution in [1.82, 2.24) is 0 Å². The largest absolute Gasteiger partial charge is 0.312 e. The lowest BCUT2D eigenvalue weighted by molar-refractivity contribution is 1.17. The average Bonchev–Trinajstić information content (AvgIpc) is 2.90. The minimum Gasteiger partial charge on any atom is -0.312 e. The Morgan fingerprint density at radius 1 is 0.800 bits per heavy atom. The molecule has 4 heteroatoms. The SMILES string of the molecule is C/C=C(\C=C/CC)N1c2ccccc2B2c3ccccc3N(c3ccccc3)c3cc(Cl)cc1c32. The summed E-state index contributed by atoms with van der Waals surface area (Å²) in [4.78, 5) is 4.74. The van der Waals surface area contributed by atoms with Crippen LogP contribution in [0.5, 0.6) is 0 Å². The third-order valence-corrected chi connectivity index (χ3v) is 7.16. The second-order valence-electron chi connectivity index (χ2n) is 8.94. The van der Waals surface area contributed by atoms with E-state index in [2.05, 4.69) is 133 Å². The van der Waals surface area contributed by atoms with Crippen LogP contribution in [0, 0.1) is 0 Å². The lowest BCUT2D eigenvalue weighted by Gasteiger charge is -2.44. The Morgan fingerprint density at radius 2 is 1.43 bits per heavy atom. The van der Waals surface area contributed by atoms with E-state index in [4.69, 9.17) is 11.6 Å². The molecule has 35 heavy (non-hydrogen) atoms. The topological polar surface area (TPSA) is 6.48 Å². The molecule has 0 aliphatic carbocycles. The first-order chi connectivity index (χ1) is 17.2. The number of hydrogen-bond acceptors (Lipinski definition) is 2. The standard InChI is InChI=1S/C31H26BClN2/c1-3-5-13-23(4-2)34-27-18-11-9-16-25(27)32-26-17-10-12-19-28(26)35(24-14-7-6-8-15-24)30-21-22(33)20-29(34)31(30)32/h4-21H,3H2,1-2H3/b13-5-,23-4+. The monoisotopic (exact) mass is 472 g/mol. The van der Waals surface area contributed by atoms with Gasteiger partial charge in [-0.15, -0.1) is 0 Å². The van der Waals surface area contributed by atoms with Crippen molar-refractivity contribution in [2.24, 2.45) is 0 Å². The normalized spacial score (nSPS) is 14.1. The first-order valence-corrected chi connectivity index (χ1v) is 12.6. The van der Waals surface area contributed by atoms with Gasteiger partial charge in [0.05, 0.1) is 0 Å². The number of allylic oxidation sites excluding steroid dienone is 3. The van der Waals surface area contributed by atoms with E-state index in [0.717, 1.165) is 34.2 Å². The molecular formula is C31H26BClN2. The van der Waals surface area contributed by atoms with Gasteiger partial charge in [0, 0.05) is 39.2 Å². The Hall–Kier alpha value is -3.69. The molecular weight excluding hydrogens is 447 g/mol. The highest BCUT2D eigenvalue weighted by Crippen LogP contribution is 2.43. The van der Waals surface area contributed by atoms with E-state index in [-0.39, 0.29) is 6.71 Å². The highest BCUT2D eigenvalue weighted by molar-refractivity contribution is 7.00. The first kappa shape index (κ1) is 21.8. The van der Waals surface area contributed by atoms with E-state index in [9.17, 15) is 0 Å². The summed E-state index contributed by atoms with van der Waals surface area (Å²) in [5, 5.41) is 0.733. The van der Waals surface area contributed by atoms with Crippen LogP contribution in [-0.4, -0.2) is 6.71 Å². The van der Waals surface area contributed by atoms with Gasteiger partial charge in [0.25, 0.3) is 6.71 Å². The summed E-state index contributed by atoms with van der Waals surface area (Å²) < 4.78 is 0. The molecule has 2 nitrogen and oxygen atoms in total. The van der Waals surface area contributed by atoms with Crippen molar-refractivity contribution in [1.29, 1.82) is 0 Å². The number of para-hydroxylation sites is 3. The van der Waals surface area contributed by atoms with Crippen LogP contribution in [0.1, 0.15) is 20.3 Å². The van der Waals surface area contributed by atoms with Crippen molar-refractivity contribution in [2.45, 2.75) is 20.3 Å². The second kappa shape index (κ2) is 8.83. The van der Waals surface area contributed by atoms with Crippen LogP contribution < -0.4 is 26.2 Å². The van der Waals surface area contributed by atoms with Gasteiger partial charge in [0.15, 0.2) is 0 Å². The summed E-state index contributed by atoms with van der Waals surface area (Å²) in [5.41, 5.74) is 10.9. The van der Waals surface area contributed by atoms with Gasteiger partial charge in [-0.1, -0.05) is 85.3 Å². The molecule has 0 saturated carbocycles. The van der Waals surface area contributed by atoms with E-state index in [1.165, 1.54) is 27.8 Å². The van der Waals surface area contributed by atoms with Gasteiger partial charge in [-0.3, -0.25) is 0 Å². The molecule has 0 saturated heterocycles. The number of hydrogen-bond donors (Lipinski definition) is 0. The molecule has 0 aromatic heterocycles. The van der Waals surface area contributed by atoms with Gasteiger partial charge in [0.1, 0.15) is 0 Å². The molecule has 6 rings (SSSR count). The molecule has 0 spiro atoms. The summed E-state index contributed by atoms with van der Waals surface area (Å²) in [5.74, 6) is 0. The van der Waals surface area contributed by atoms with E-state index in [1.807, 2.05) is 0 Å². The van der Waals surface area contributed by atoms with E-state index < -0.39 is 0 Å². The number of halogens is 1. The lowest BCUT2D eigenvalue weighted by Crippen LogP contribution is -2.61. The molecule has 2 heterocycles. The van der Waals surface area contributed by atoms with Crippen molar-refractivity contribution in [3.63, 3.8) is 0 Å². The highest BCUT2D eigenvalue weighted by Gasteiger charge is 2.43. The van der Waals surface area contributed by atoms with Crippen molar-refractivity contribution in [3.8, 4) is 0 Å². The maximum Gasteiger partial charge on any atom is 0.252 e. The smallest absolute Gasteiger partial charge is 0.252 e. The van der Waals surface area contributed by atoms with Crippen LogP contribution in [0.15, 0.2) is 115 Å². The van der Waals surface area contributed by atoms with Gasteiger partial charge in [-0.2, -0.15) is 0 Å². The number of nitrogens with zero attached hydrogens (tertiary/aromatic N) is 2. The van der Waals surface area contributed by atoms with Crippen molar-refractivity contribution in [2.75, 3.05) is 9.80 Å². The van der Waals surface area contributed by atoms with Gasteiger partial charge in [-0.05, 0) is 72.2 Å². The fourth-order valence-corrected chi connectivity index (χ4v) is 5.74. The van der Waals surface area contributed by atoms with Crippen molar-refractivity contribution in [3.05, 3.63) is 120 Å². The van der Waals surface area contributed by atoms with Crippen LogP contribution in [-0.2, 0) is 0 Å². The molecule has 0 unspecified atom stereocenters. The highest BCUT2D eigenvalue weighted by atomic mass is 35.5. The number of anilines is 5. The predicted octanol–water partition coefficient (Wildman–Crippen LogP) is 6.96. The van der Waals surface area contributed by atoms with Gasteiger partial charge < -0.3 is 9.80 Å². The van der Waals surface area contributed by atoms with E-state index >= 15 is 0 Å². The van der Waals surface area contributed by atoms with Gasteiger partial charge >= 0.3 is 0 Å². The zero-order valence-corrected chi connectivity index (χ0v) is 20.7. The maximum atomic E-state index is 6.87. The number of fused-ring (bicyclic) bond motifs is 4. The Kier molecular flexibility index (Phi) is 5.51. The zero-order valence-electron chi connectivity index (χ0n) is 19.9. The van der Waals surface area contributed by atoms with Crippen LogP contribution in [0.4, 0.5) is 28.4 Å². The van der Waals surface area contributed by atoms with Crippen molar-refractivity contribution < 1.29 is 0 Å². The van der Waals surface area contributed by atoms with Crippen LogP contribution in [0.2, 0.25) is 5.02 Å². The van der Waals surface area contributed by atoms with Gasteiger partial charge in [0.2, 0.25) is 0 Å². The number of rotatable bonds is 4. The Balaban J connectivity index is 1.71. The van der Waals surface area contributed by atoms with Crippen LogP contribution in [0.25, 0.3) is 0 Å². The molecule has 0 atom stereocenters. The van der Waals surface area contributed by atoms with E-state index in [0.29, 0.717) is 0 Å². The first-order valence-electron chi connectivity index (χ1n) is 12.2. The van der Waals surface area contributed by atoms with E-state index in [1.54, 1.807) is 0 Å². The summed E-state index contributed by atoms with van der Waals surface area (Å²) in [6.07, 6.45) is 7.60. The average molecular weight is 473 g/mol. The zero-order chi connectivity index (χ0) is 23.9. The molecule has 0 N–H and O–H groups in total. The van der Waals surface area contributed by atoms with Gasteiger partial charge in [-0.25, -0.2) is 0 Å². The summed E-state index contributed by atoms with van der Waals surface area (Å²) in [6.45, 7) is 4.40. The summed E-state index contributed by atoms with van der Waals surface area (Å²) in [6, 6.07) is 32.4. The quantitative estimate of drug-likeness (QED) is 0.206. The fourth-order valence-electron chi connectivity index (χ4n) is 5.54. The lowest BCUT2D eigenvalue weighted by atomic mass is 9.33. The summed E-state index contributed by atoms with van der Waals surface area (Å²) in [7, 11) is 0. The number of benzene rings is 4. The third kappa shape index (κ3) is 3.42. The molecule has 0 bridgehead atoms. The fraction of sp³-hybridized carbons (Fsp3) is 0.0968. The Morgan fingerprint density at radius 3 is 2.14 bits per heavy atom.